The summed E-state index contributed by atoms with van der Waals surface area (Å²) < 4.78 is 19.1. The number of H-pyrrole nitrogens is 1. The van der Waals surface area contributed by atoms with E-state index in [2.05, 4.69) is 20.5 Å². The van der Waals surface area contributed by atoms with Crippen LogP contribution in [0.4, 0.5) is 4.39 Å². The molecular formula is C20H22FN5O3. The van der Waals surface area contributed by atoms with Gasteiger partial charge in [0, 0.05) is 38.3 Å². The van der Waals surface area contributed by atoms with Crippen LogP contribution >= 0.6 is 0 Å². The van der Waals surface area contributed by atoms with E-state index in [1.54, 1.807) is 24.1 Å². The Bertz CT molecular complexity index is 1070. The van der Waals surface area contributed by atoms with Crippen LogP contribution in [-0.4, -0.2) is 70.5 Å². The van der Waals surface area contributed by atoms with Gasteiger partial charge in [-0.3, -0.25) is 9.89 Å². The van der Waals surface area contributed by atoms with Crippen molar-refractivity contribution < 1.29 is 19.0 Å². The fraction of sp³-hybridized carbons (Fsp3) is 0.350. The second-order valence-electron chi connectivity index (χ2n) is 7.11. The quantitative estimate of drug-likeness (QED) is 0.619. The summed E-state index contributed by atoms with van der Waals surface area (Å²) in [5, 5.41) is 20.5. The number of fused-ring (bicyclic) bond motifs is 1. The molecule has 1 fully saturated rings. The van der Waals surface area contributed by atoms with E-state index >= 15 is 0 Å². The zero-order valence-electron chi connectivity index (χ0n) is 16.2. The summed E-state index contributed by atoms with van der Waals surface area (Å²) in [5.74, 6) is -1.32. The first-order chi connectivity index (χ1) is 14.0. The average Bonchev–Trinajstić information content (AvgIpc) is 3.10. The van der Waals surface area contributed by atoms with Gasteiger partial charge < -0.3 is 20.1 Å². The summed E-state index contributed by atoms with van der Waals surface area (Å²) in [7, 11) is 1.63. The number of benzene rings is 1. The number of piperazine rings is 1. The lowest BCUT2D eigenvalue weighted by Crippen LogP contribution is -2.54. The van der Waals surface area contributed by atoms with Crippen molar-refractivity contribution in [1.82, 2.24) is 25.4 Å². The molecule has 1 aromatic carbocycles. The molecule has 2 aromatic heterocycles. The van der Waals surface area contributed by atoms with Crippen molar-refractivity contribution >= 4 is 16.9 Å². The molecule has 0 radical (unpaired) electrons. The van der Waals surface area contributed by atoms with Crippen LogP contribution in [0.2, 0.25) is 0 Å². The molecule has 29 heavy (non-hydrogen) atoms. The second-order valence-corrected chi connectivity index (χ2v) is 7.11. The van der Waals surface area contributed by atoms with Gasteiger partial charge in [-0.25, -0.2) is 9.37 Å². The maximum atomic E-state index is 13.9. The first-order valence-electron chi connectivity index (χ1n) is 9.34. The largest absolute Gasteiger partial charge is 0.505 e. The Labute approximate surface area is 166 Å². The molecule has 0 aliphatic carbocycles. The van der Waals surface area contributed by atoms with Gasteiger partial charge in [0.15, 0.2) is 17.2 Å². The normalized spacial score (nSPS) is 17.1. The van der Waals surface area contributed by atoms with Crippen molar-refractivity contribution in [2.75, 3.05) is 33.4 Å². The molecule has 0 spiro atoms. The van der Waals surface area contributed by atoms with Crippen molar-refractivity contribution in [3.05, 3.63) is 41.3 Å². The number of aromatic nitrogens is 3. The fourth-order valence-corrected chi connectivity index (χ4v) is 3.66. The van der Waals surface area contributed by atoms with Crippen LogP contribution in [0.15, 0.2) is 24.3 Å². The summed E-state index contributed by atoms with van der Waals surface area (Å²) in [6, 6.07) is 5.74. The maximum Gasteiger partial charge on any atom is 0.254 e. The van der Waals surface area contributed by atoms with Gasteiger partial charge in [-0.2, -0.15) is 5.10 Å². The number of ether oxygens (including phenoxy) is 1. The first kappa shape index (κ1) is 19.3. The third-order valence-electron chi connectivity index (χ3n) is 5.10. The van der Waals surface area contributed by atoms with Crippen LogP contribution in [0.1, 0.15) is 16.1 Å². The number of rotatable bonds is 4. The monoisotopic (exact) mass is 399 g/mol. The number of amides is 1. The number of carbonyl (C=O) groups excluding carboxylic acids is 1. The molecule has 1 saturated heterocycles. The van der Waals surface area contributed by atoms with Gasteiger partial charge in [0.1, 0.15) is 0 Å². The number of nitrogens with one attached hydrogen (secondary N) is 2. The van der Waals surface area contributed by atoms with E-state index in [0.29, 0.717) is 59.8 Å². The number of halogens is 1. The zero-order chi connectivity index (χ0) is 20.5. The Morgan fingerprint density at radius 1 is 1.41 bits per heavy atom. The van der Waals surface area contributed by atoms with Crippen LogP contribution in [-0.2, 0) is 4.74 Å². The predicted octanol–water partition coefficient (Wildman–Crippen LogP) is 1.84. The van der Waals surface area contributed by atoms with Crippen molar-refractivity contribution in [2.24, 2.45) is 0 Å². The molecule has 0 saturated carbocycles. The molecule has 3 heterocycles. The Hall–Kier alpha value is -3.04. The number of nitrogens with zero attached hydrogens (tertiary/aromatic N) is 3. The molecule has 3 aromatic rings. The number of aromatic amines is 1. The lowest BCUT2D eigenvalue weighted by Gasteiger charge is -2.33. The molecule has 1 amide bonds. The highest BCUT2D eigenvalue weighted by molar-refractivity contribution is 6.07. The Balaban J connectivity index is 1.77. The van der Waals surface area contributed by atoms with Gasteiger partial charge in [-0.15, -0.1) is 0 Å². The molecule has 1 aliphatic rings. The topological polar surface area (TPSA) is 103 Å². The fourth-order valence-electron chi connectivity index (χ4n) is 3.66. The Kier molecular flexibility index (Phi) is 5.16. The van der Waals surface area contributed by atoms with Crippen LogP contribution in [0.25, 0.3) is 22.3 Å². The van der Waals surface area contributed by atoms with E-state index < -0.39 is 11.6 Å². The van der Waals surface area contributed by atoms with Gasteiger partial charge >= 0.3 is 0 Å². The molecule has 0 unspecified atom stereocenters. The van der Waals surface area contributed by atoms with Crippen molar-refractivity contribution in [2.45, 2.75) is 13.0 Å². The molecule has 1 atom stereocenters. The Morgan fingerprint density at radius 2 is 2.24 bits per heavy atom. The van der Waals surface area contributed by atoms with Crippen LogP contribution < -0.4 is 5.32 Å². The number of phenols is 1. The lowest BCUT2D eigenvalue weighted by atomic mass is 10.0. The minimum absolute atomic E-state index is 0.0612. The van der Waals surface area contributed by atoms with Crippen LogP contribution in [0.5, 0.6) is 5.75 Å². The van der Waals surface area contributed by atoms with E-state index in [9.17, 15) is 14.3 Å². The summed E-state index contributed by atoms with van der Waals surface area (Å²) in [4.78, 5) is 19.7. The van der Waals surface area contributed by atoms with Gasteiger partial charge in [0.2, 0.25) is 0 Å². The number of carbonyl (C=O) groups is 1. The summed E-state index contributed by atoms with van der Waals surface area (Å²) in [6.45, 7) is 4.09. The minimum atomic E-state index is -0.748. The third-order valence-corrected chi connectivity index (χ3v) is 5.10. The van der Waals surface area contributed by atoms with E-state index in [1.807, 2.05) is 6.92 Å². The van der Waals surface area contributed by atoms with Crippen molar-refractivity contribution in [1.29, 1.82) is 0 Å². The number of hydrogen-bond donors (Lipinski definition) is 3. The van der Waals surface area contributed by atoms with Crippen molar-refractivity contribution in [3.63, 3.8) is 0 Å². The zero-order valence-corrected chi connectivity index (χ0v) is 16.2. The van der Waals surface area contributed by atoms with Crippen molar-refractivity contribution in [3.8, 4) is 17.0 Å². The minimum Gasteiger partial charge on any atom is -0.505 e. The molecule has 8 nitrogen and oxygen atoms in total. The molecule has 1 aliphatic heterocycles. The van der Waals surface area contributed by atoms with Gasteiger partial charge in [0.05, 0.1) is 28.9 Å². The van der Waals surface area contributed by atoms with Crippen LogP contribution in [0.3, 0.4) is 0 Å². The smallest absolute Gasteiger partial charge is 0.254 e. The highest BCUT2D eigenvalue weighted by atomic mass is 19.1. The highest BCUT2D eigenvalue weighted by Crippen LogP contribution is 2.29. The third kappa shape index (κ3) is 3.66. The number of aryl methyl sites for hydroxylation is 1. The molecule has 3 N–H and O–H groups in total. The van der Waals surface area contributed by atoms with Gasteiger partial charge in [0.25, 0.3) is 5.91 Å². The molecule has 9 heteroatoms. The number of aromatic hydroxyl groups is 1. The lowest BCUT2D eigenvalue weighted by molar-refractivity contribution is 0.0644. The second kappa shape index (κ2) is 7.76. The number of methoxy groups -OCH3 is 1. The van der Waals surface area contributed by atoms with Gasteiger partial charge in [-0.1, -0.05) is 0 Å². The summed E-state index contributed by atoms with van der Waals surface area (Å²) in [6.07, 6.45) is 0. The maximum absolute atomic E-state index is 13.9. The van der Waals surface area contributed by atoms with Crippen LogP contribution in [0, 0.1) is 12.7 Å². The van der Waals surface area contributed by atoms with E-state index in [1.165, 1.54) is 12.1 Å². The average molecular weight is 399 g/mol. The molecular weight excluding hydrogens is 377 g/mol. The van der Waals surface area contributed by atoms with E-state index in [0.717, 1.165) is 0 Å². The standard InChI is InChI=1S/C20H22FN5O3/c1-11-18-14(20(28)26-6-5-22-13(9-26)10-29-2)8-16(23-19(18)25-24-11)12-3-4-17(27)15(21)7-12/h3-4,7-8,13,22,27H,5-6,9-10H2,1-2H3,(H,23,24,25)/t13-/m1/s1. The summed E-state index contributed by atoms with van der Waals surface area (Å²) in [5.41, 5.74) is 2.47. The number of pyridine rings is 1. The van der Waals surface area contributed by atoms with E-state index in [4.69, 9.17) is 4.74 Å². The molecule has 0 bridgehead atoms. The number of hydrogen-bond acceptors (Lipinski definition) is 6. The predicted molar refractivity (Wildman–Crippen MR) is 105 cm³/mol. The van der Waals surface area contributed by atoms with Gasteiger partial charge in [-0.05, 0) is 31.2 Å². The number of phenolic OH excluding ortho intramolecular Hbond substituents is 1. The molecule has 4 rings (SSSR count). The first-order valence-corrected chi connectivity index (χ1v) is 9.34. The van der Waals surface area contributed by atoms with E-state index in [-0.39, 0.29) is 11.9 Å². The molecule has 152 valence electrons. The summed E-state index contributed by atoms with van der Waals surface area (Å²) >= 11 is 0. The SMILES string of the molecule is COC[C@H]1CN(C(=O)c2cc(-c3ccc(O)c(F)c3)nc3[nH]nc(C)c23)CCN1. The Morgan fingerprint density at radius 3 is 3.00 bits per heavy atom. The highest BCUT2D eigenvalue weighted by Gasteiger charge is 2.27.